The van der Waals surface area contributed by atoms with Gasteiger partial charge in [-0.1, -0.05) is 283 Å². The molecule has 2 atom stereocenters. The highest BCUT2D eigenvalue weighted by molar-refractivity contribution is 5.86. The van der Waals surface area contributed by atoms with Crippen LogP contribution in [0.4, 0.5) is 0 Å². The van der Waals surface area contributed by atoms with E-state index in [9.17, 15) is 14.4 Å². The minimum atomic E-state index is -0.287. The minimum Gasteiger partial charge on any atom is -0.356 e. The van der Waals surface area contributed by atoms with Gasteiger partial charge in [0.1, 0.15) is 0 Å². The van der Waals surface area contributed by atoms with Gasteiger partial charge in [-0.25, -0.2) is 0 Å². The van der Waals surface area contributed by atoms with Gasteiger partial charge in [0.2, 0.25) is 17.7 Å². The van der Waals surface area contributed by atoms with Crippen LogP contribution in [0, 0.1) is 17.8 Å². The Kier molecular flexibility index (Phi) is 49.6. The van der Waals surface area contributed by atoms with Crippen molar-refractivity contribution >= 4 is 17.7 Å². The third-order valence-corrected chi connectivity index (χ3v) is 15.5. The molecule has 1 aliphatic rings. The maximum absolute atomic E-state index is 13.6. The van der Waals surface area contributed by atoms with E-state index in [0.717, 1.165) is 38.5 Å². The Morgan fingerprint density at radius 2 is 0.449 bits per heavy atom. The van der Waals surface area contributed by atoms with Crippen molar-refractivity contribution in [3.8, 4) is 0 Å². The van der Waals surface area contributed by atoms with E-state index in [-0.39, 0.29) is 35.5 Å². The van der Waals surface area contributed by atoms with Crippen LogP contribution in [0.25, 0.3) is 0 Å². The predicted octanol–water partition coefficient (Wildman–Crippen LogP) is 18.9. The fourth-order valence-electron chi connectivity index (χ4n) is 10.7. The van der Waals surface area contributed by atoms with Crippen LogP contribution < -0.4 is 16.0 Å². The Balaban J connectivity index is 2.36. The van der Waals surface area contributed by atoms with Crippen LogP contribution in [-0.2, 0) is 14.4 Å². The summed E-state index contributed by atoms with van der Waals surface area (Å²) in [6.45, 7) is 8.92. The molecule has 0 aromatic rings. The largest absolute Gasteiger partial charge is 0.356 e. The predicted molar refractivity (Wildman–Crippen MR) is 302 cm³/mol. The minimum absolute atomic E-state index is 0.0358. The first-order chi connectivity index (χ1) is 34.0. The second kappa shape index (κ2) is 52.5. The second-order valence-corrected chi connectivity index (χ2v) is 22.2. The molecule has 2 unspecified atom stereocenters. The highest BCUT2D eigenvalue weighted by Crippen LogP contribution is 2.34. The highest BCUT2D eigenvalue weighted by Gasteiger charge is 2.38. The molecule has 0 aromatic heterocycles. The lowest BCUT2D eigenvalue weighted by Crippen LogP contribution is -2.45. The van der Waals surface area contributed by atoms with E-state index in [1.807, 2.05) is 0 Å². The molecule has 0 aliphatic heterocycles. The zero-order chi connectivity index (χ0) is 49.8. The summed E-state index contributed by atoms with van der Waals surface area (Å²) in [7, 11) is 0. The number of unbranched alkanes of at least 4 members (excludes halogenated alkanes) is 42. The molecule has 3 N–H and O–H groups in total. The Hall–Kier alpha value is -1.85. The molecule has 1 fully saturated rings. The normalized spacial score (nSPS) is 16.1. The molecule has 0 heterocycles. The van der Waals surface area contributed by atoms with Gasteiger partial charge in [0.25, 0.3) is 0 Å². The van der Waals surface area contributed by atoms with Gasteiger partial charge in [0.05, 0.1) is 0 Å². The smallest absolute Gasteiger partial charge is 0.223 e. The highest BCUT2D eigenvalue weighted by atomic mass is 16.2. The van der Waals surface area contributed by atoms with Crippen molar-refractivity contribution in [2.45, 2.75) is 335 Å². The molecule has 0 saturated heterocycles. The number of carbonyl (C=O) groups excluding carboxylic acids is 3. The molecule has 0 aromatic carbocycles. The molecule has 0 bridgehead atoms. The summed E-state index contributed by atoms with van der Waals surface area (Å²) in [4.78, 5) is 40.7. The third kappa shape index (κ3) is 43.5. The molecule has 1 saturated carbocycles. The number of nitrogens with one attached hydrogen (secondary N) is 3. The molecule has 6 nitrogen and oxygen atoms in total. The van der Waals surface area contributed by atoms with Crippen molar-refractivity contribution in [3.63, 3.8) is 0 Å². The molecule has 69 heavy (non-hydrogen) atoms. The van der Waals surface area contributed by atoms with Gasteiger partial charge < -0.3 is 16.0 Å². The van der Waals surface area contributed by atoms with Gasteiger partial charge in [-0.15, -0.1) is 0 Å². The van der Waals surface area contributed by atoms with Crippen LogP contribution in [-0.4, -0.2) is 37.4 Å². The van der Waals surface area contributed by atoms with Gasteiger partial charge in [-0.3, -0.25) is 14.4 Å². The number of hydrogen-bond donors (Lipinski definition) is 3. The van der Waals surface area contributed by atoms with Crippen molar-refractivity contribution in [2.75, 3.05) is 19.6 Å². The zero-order valence-corrected chi connectivity index (χ0v) is 46.9. The van der Waals surface area contributed by atoms with Crippen LogP contribution in [0.3, 0.4) is 0 Å². The Labute approximate surface area is 431 Å². The maximum atomic E-state index is 13.6. The summed E-state index contributed by atoms with van der Waals surface area (Å²) in [5.74, 6) is -0.742. The number of carbonyl (C=O) groups is 3. The first kappa shape index (κ1) is 65.2. The lowest BCUT2D eigenvalue weighted by atomic mass is 9.74. The standard InChI is InChI=1S/C63H121N3O3/c1-4-7-10-13-16-19-22-25-28-31-34-37-40-43-46-49-52-64-61(67)58-55-59(62(68)65-53-50-47-44-41-38-35-32-29-26-23-20-17-14-11-8-5-2)57-60(56-58)63(69)66-54-51-48-45-42-39-36-33-30-27-24-21-18-15-12-9-6-3/h25,28,58-60H,4-24,26-27,29-57H2,1-3H3,(H,64,67)(H,65,68)(H,66,69)/b28-25-. The molecular weight excluding hydrogens is 847 g/mol. The fraction of sp³-hybridized carbons (Fsp3) is 0.921. The summed E-state index contributed by atoms with van der Waals surface area (Å²) in [6, 6.07) is 0. The molecule has 3 amide bonds. The molecular formula is C63H121N3O3. The Morgan fingerprint density at radius 1 is 0.275 bits per heavy atom. The summed E-state index contributed by atoms with van der Waals surface area (Å²) >= 11 is 0. The first-order valence-corrected chi connectivity index (χ1v) is 31.5. The Morgan fingerprint density at radius 3 is 0.652 bits per heavy atom. The van der Waals surface area contributed by atoms with Crippen LogP contribution in [0.5, 0.6) is 0 Å². The number of allylic oxidation sites excluding steroid dienone is 2. The van der Waals surface area contributed by atoms with Crippen LogP contribution in [0.1, 0.15) is 335 Å². The van der Waals surface area contributed by atoms with Crippen LogP contribution >= 0.6 is 0 Å². The zero-order valence-electron chi connectivity index (χ0n) is 46.9. The van der Waals surface area contributed by atoms with Gasteiger partial charge in [0, 0.05) is 37.4 Å². The Bertz CT molecular complexity index is 1080. The van der Waals surface area contributed by atoms with E-state index in [0.29, 0.717) is 38.9 Å². The van der Waals surface area contributed by atoms with E-state index in [1.165, 1.54) is 257 Å². The monoisotopic (exact) mass is 968 g/mol. The van der Waals surface area contributed by atoms with E-state index in [2.05, 4.69) is 48.9 Å². The molecule has 406 valence electrons. The van der Waals surface area contributed by atoms with E-state index < -0.39 is 0 Å². The summed E-state index contributed by atoms with van der Waals surface area (Å²) in [5, 5.41) is 9.66. The second-order valence-electron chi connectivity index (χ2n) is 22.2. The molecule has 6 heteroatoms. The van der Waals surface area contributed by atoms with E-state index in [1.54, 1.807) is 0 Å². The van der Waals surface area contributed by atoms with Gasteiger partial charge in [-0.05, 0) is 64.2 Å². The lowest BCUT2D eigenvalue weighted by molar-refractivity contribution is -0.134. The molecule has 0 spiro atoms. The number of hydrogen-bond acceptors (Lipinski definition) is 3. The van der Waals surface area contributed by atoms with E-state index >= 15 is 0 Å². The quantitative estimate of drug-likeness (QED) is 0.0419. The fourth-order valence-corrected chi connectivity index (χ4v) is 10.7. The van der Waals surface area contributed by atoms with Crippen molar-refractivity contribution in [1.29, 1.82) is 0 Å². The van der Waals surface area contributed by atoms with Gasteiger partial charge in [0.15, 0.2) is 0 Å². The first-order valence-electron chi connectivity index (χ1n) is 31.5. The number of rotatable bonds is 53. The lowest BCUT2D eigenvalue weighted by Gasteiger charge is -2.33. The van der Waals surface area contributed by atoms with Crippen molar-refractivity contribution in [1.82, 2.24) is 16.0 Å². The van der Waals surface area contributed by atoms with Gasteiger partial charge >= 0.3 is 0 Å². The third-order valence-electron chi connectivity index (χ3n) is 15.5. The summed E-state index contributed by atoms with van der Waals surface area (Å²) in [6.07, 6.45) is 67.0. The topological polar surface area (TPSA) is 87.3 Å². The molecule has 0 radical (unpaired) electrons. The average Bonchev–Trinajstić information content (AvgIpc) is 3.36. The van der Waals surface area contributed by atoms with Gasteiger partial charge in [-0.2, -0.15) is 0 Å². The van der Waals surface area contributed by atoms with Crippen molar-refractivity contribution in [3.05, 3.63) is 12.2 Å². The van der Waals surface area contributed by atoms with Crippen LogP contribution in [0.2, 0.25) is 0 Å². The summed E-state index contributed by atoms with van der Waals surface area (Å²) in [5.41, 5.74) is 0. The SMILES string of the molecule is CCCCCCCC/C=C\CCCCCCCCNC(=O)C1CC(C(=O)NCCCCCCCCCCCCCCCCCC)CC(C(=O)NCCCCCCCCCCCCCCCCCC)C1. The molecule has 1 aliphatic carbocycles. The van der Waals surface area contributed by atoms with Crippen molar-refractivity contribution < 1.29 is 14.4 Å². The number of amides is 3. The molecule has 1 rings (SSSR count). The maximum Gasteiger partial charge on any atom is 0.223 e. The van der Waals surface area contributed by atoms with Crippen molar-refractivity contribution in [2.24, 2.45) is 17.8 Å². The van der Waals surface area contributed by atoms with E-state index in [4.69, 9.17) is 0 Å². The van der Waals surface area contributed by atoms with Crippen LogP contribution in [0.15, 0.2) is 12.2 Å². The average molecular weight is 969 g/mol. The summed E-state index contributed by atoms with van der Waals surface area (Å²) < 4.78 is 0.